The van der Waals surface area contributed by atoms with Crippen molar-refractivity contribution in [2.24, 2.45) is 5.92 Å². The molecule has 1 saturated heterocycles. The zero-order chi connectivity index (χ0) is 14.5. The number of aliphatic carboxylic acids is 1. The lowest BCUT2D eigenvalue weighted by Gasteiger charge is -2.29. The number of carbonyl (C=O) groups is 3. The molecule has 0 bridgehead atoms. The van der Waals surface area contributed by atoms with Gasteiger partial charge in [-0.2, -0.15) is 0 Å². The summed E-state index contributed by atoms with van der Waals surface area (Å²) in [5, 5.41) is 11.4. The molecule has 6 heteroatoms. The standard InChI is InChI=1S/C14H16N2O4/c17-12-8-10(6-7-16(12)9-13(18)19)14(20)15-11-4-2-1-3-5-11/h1-5,10H,6-9H2,(H,15,20)(H,18,19). The maximum absolute atomic E-state index is 12.0. The molecule has 1 aliphatic heterocycles. The summed E-state index contributed by atoms with van der Waals surface area (Å²) in [7, 11) is 0. The van der Waals surface area contributed by atoms with E-state index in [1.807, 2.05) is 18.2 Å². The van der Waals surface area contributed by atoms with Crippen molar-refractivity contribution in [3.8, 4) is 0 Å². The van der Waals surface area contributed by atoms with E-state index in [1.54, 1.807) is 12.1 Å². The van der Waals surface area contributed by atoms with Crippen molar-refractivity contribution in [1.82, 2.24) is 4.90 Å². The fourth-order valence-corrected chi connectivity index (χ4v) is 2.20. The molecule has 2 N–H and O–H groups in total. The molecule has 1 fully saturated rings. The number of carboxylic acids is 1. The molecule has 0 aromatic heterocycles. The fourth-order valence-electron chi connectivity index (χ4n) is 2.20. The Hall–Kier alpha value is -2.37. The Morgan fingerprint density at radius 2 is 2.00 bits per heavy atom. The molecular weight excluding hydrogens is 260 g/mol. The van der Waals surface area contributed by atoms with Crippen molar-refractivity contribution in [3.05, 3.63) is 30.3 Å². The molecule has 1 unspecified atom stereocenters. The number of carboxylic acid groups (broad SMARTS) is 1. The third kappa shape index (κ3) is 3.57. The molecule has 0 spiro atoms. The lowest BCUT2D eigenvalue weighted by atomic mass is 9.95. The largest absolute Gasteiger partial charge is 0.480 e. The highest BCUT2D eigenvalue weighted by molar-refractivity contribution is 5.96. The second kappa shape index (κ2) is 6.18. The van der Waals surface area contributed by atoms with Gasteiger partial charge in [-0.1, -0.05) is 18.2 Å². The van der Waals surface area contributed by atoms with E-state index in [1.165, 1.54) is 4.90 Å². The highest BCUT2D eigenvalue weighted by Crippen LogP contribution is 2.20. The monoisotopic (exact) mass is 276 g/mol. The second-order valence-electron chi connectivity index (χ2n) is 4.75. The number of piperidine rings is 1. The summed E-state index contributed by atoms with van der Waals surface area (Å²) in [4.78, 5) is 35.7. The van der Waals surface area contributed by atoms with Gasteiger partial charge in [-0.05, 0) is 18.6 Å². The van der Waals surface area contributed by atoms with Crippen LogP contribution in [0.2, 0.25) is 0 Å². The van der Waals surface area contributed by atoms with Gasteiger partial charge in [0.15, 0.2) is 0 Å². The van der Waals surface area contributed by atoms with Crippen molar-refractivity contribution in [2.45, 2.75) is 12.8 Å². The molecule has 1 aliphatic rings. The number of likely N-dealkylation sites (tertiary alicyclic amines) is 1. The number of benzene rings is 1. The summed E-state index contributed by atoms with van der Waals surface area (Å²) < 4.78 is 0. The van der Waals surface area contributed by atoms with Gasteiger partial charge in [0.1, 0.15) is 6.54 Å². The van der Waals surface area contributed by atoms with E-state index in [2.05, 4.69) is 5.32 Å². The van der Waals surface area contributed by atoms with E-state index >= 15 is 0 Å². The number of para-hydroxylation sites is 1. The molecule has 2 rings (SSSR count). The minimum atomic E-state index is -1.04. The predicted octanol–water partition coefficient (Wildman–Crippen LogP) is 0.948. The first-order valence-electron chi connectivity index (χ1n) is 6.42. The van der Waals surface area contributed by atoms with Gasteiger partial charge in [-0.15, -0.1) is 0 Å². The molecule has 1 heterocycles. The van der Waals surface area contributed by atoms with Crippen molar-refractivity contribution in [1.29, 1.82) is 0 Å². The van der Waals surface area contributed by atoms with Gasteiger partial charge in [0.05, 0.1) is 0 Å². The van der Waals surface area contributed by atoms with E-state index < -0.39 is 11.9 Å². The van der Waals surface area contributed by atoms with Crippen LogP contribution < -0.4 is 5.32 Å². The molecule has 106 valence electrons. The fraction of sp³-hybridized carbons (Fsp3) is 0.357. The van der Waals surface area contributed by atoms with E-state index in [9.17, 15) is 14.4 Å². The number of anilines is 1. The number of hydrogen-bond acceptors (Lipinski definition) is 3. The minimum Gasteiger partial charge on any atom is -0.480 e. The average Bonchev–Trinajstić information content (AvgIpc) is 2.41. The van der Waals surface area contributed by atoms with Gasteiger partial charge in [0, 0.05) is 24.6 Å². The van der Waals surface area contributed by atoms with Gasteiger partial charge in [-0.3, -0.25) is 14.4 Å². The Balaban J connectivity index is 1.90. The normalized spacial score (nSPS) is 18.7. The highest BCUT2D eigenvalue weighted by Gasteiger charge is 2.31. The van der Waals surface area contributed by atoms with Crippen LogP contribution >= 0.6 is 0 Å². The SMILES string of the molecule is O=C(O)CN1CCC(C(=O)Nc2ccccc2)CC1=O. The van der Waals surface area contributed by atoms with Crippen LogP contribution in [0.25, 0.3) is 0 Å². The summed E-state index contributed by atoms with van der Waals surface area (Å²) in [5.41, 5.74) is 0.693. The first kappa shape index (κ1) is 14.0. The Morgan fingerprint density at radius 1 is 1.30 bits per heavy atom. The summed E-state index contributed by atoms with van der Waals surface area (Å²) in [6, 6.07) is 9.04. The first-order valence-corrected chi connectivity index (χ1v) is 6.42. The van der Waals surface area contributed by atoms with Crippen LogP contribution in [0.4, 0.5) is 5.69 Å². The Morgan fingerprint density at radius 3 is 2.60 bits per heavy atom. The third-order valence-corrected chi connectivity index (χ3v) is 3.26. The molecule has 0 aliphatic carbocycles. The summed E-state index contributed by atoms with van der Waals surface area (Å²) >= 11 is 0. The van der Waals surface area contributed by atoms with Gasteiger partial charge in [-0.25, -0.2) is 0 Å². The molecule has 20 heavy (non-hydrogen) atoms. The topological polar surface area (TPSA) is 86.7 Å². The van der Waals surface area contributed by atoms with Crippen LogP contribution in [-0.2, 0) is 14.4 Å². The Bertz CT molecular complexity index is 515. The maximum atomic E-state index is 12.0. The van der Waals surface area contributed by atoms with Crippen LogP contribution in [-0.4, -0.2) is 40.9 Å². The van der Waals surface area contributed by atoms with E-state index in [0.29, 0.717) is 18.7 Å². The predicted molar refractivity (Wildman–Crippen MR) is 72.0 cm³/mol. The van der Waals surface area contributed by atoms with Gasteiger partial charge in [0.2, 0.25) is 11.8 Å². The summed E-state index contributed by atoms with van der Waals surface area (Å²) in [6.45, 7) is 0.00384. The first-order chi connectivity index (χ1) is 9.56. The van der Waals surface area contributed by atoms with Gasteiger partial charge >= 0.3 is 5.97 Å². The second-order valence-corrected chi connectivity index (χ2v) is 4.75. The van der Waals surface area contributed by atoms with E-state index in [-0.39, 0.29) is 24.8 Å². The molecule has 1 aromatic rings. The molecule has 2 amide bonds. The van der Waals surface area contributed by atoms with Crippen molar-refractivity contribution >= 4 is 23.5 Å². The number of hydrogen-bond donors (Lipinski definition) is 2. The molecule has 0 saturated carbocycles. The summed E-state index contributed by atoms with van der Waals surface area (Å²) in [6.07, 6.45) is 0.545. The molecule has 6 nitrogen and oxygen atoms in total. The molecule has 1 atom stereocenters. The number of carbonyl (C=O) groups excluding carboxylic acids is 2. The van der Waals surface area contributed by atoms with E-state index in [4.69, 9.17) is 5.11 Å². The molecular formula is C14H16N2O4. The van der Waals surface area contributed by atoms with Gasteiger partial charge < -0.3 is 15.3 Å². The zero-order valence-corrected chi connectivity index (χ0v) is 10.9. The number of nitrogens with one attached hydrogen (secondary N) is 1. The van der Waals surface area contributed by atoms with Crippen LogP contribution in [0.15, 0.2) is 30.3 Å². The van der Waals surface area contributed by atoms with Crippen LogP contribution in [0, 0.1) is 5.92 Å². The smallest absolute Gasteiger partial charge is 0.323 e. The van der Waals surface area contributed by atoms with Crippen LogP contribution in [0.1, 0.15) is 12.8 Å². The quantitative estimate of drug-likeness (QED) is 0.857. The molecule has 0 radical (unpaired) electrons. The summed E-state index contributed by atoms with van der Waals surface area (Å²) in [5.74, 6) is -1.91. The number of amides is 2. The van der Waals surface area contributed by atoms with Gasteiger partial charge in [0.25, 0.3) is 0 Å². The Kier molecular flexibility index (Phi) is 4.34. The third-order valence-electron chi connectivity index (χ3n) is 3.26. The Labute approximate surface area is 116 Å². The number of rotatable bonds is 4. The molecule has 1 aromatic carbocycles. The lowest BCUT2D eigenvalue weighted by molar-refractivity contribution is -0.147. The van der Waals surface area contributed by atoms with Crippen molar-refractivity contribution in [2.75, 3.05) is 18.4 Å². The highest BCUT2D eigenvalue weighted by atomic mass is 16.4. The van der Waals surface area contributed by atoms with Crippen molar-refractivity contribution in [3.63, 3.8) is 0 Å². The van der Waals surface area contributed by atoms with E-state index in [0.717, 1.165) is 0 Å². The zero-order valence-electron chi connectivity index (χ0n) is 10.9. The minimum absolute atomic E-state index is 0.0615. The number of nitrogens with zero attached hydrogens (tertiary/aromatic N) is 1. The van der Waals surface area contributed by atoms with Crippen LogP contribution in [0.3, 0.4) is 0 Å². The van der Waals surface area contributed by atoms with Crippen molar-refractivity contribution < 1.29 is 19.5 Å². The maximum Gasteiger partial charge on any atom is 0.323 e. The average molecular weight is 276 g/mol. The van der Waals surface area contributed by atoms with Crippen LogP contribution in [0.5, 0.6) is 0 Å². The lowest BCUT2D eigenvalue weighted by Crippen LogP contribution is -2.44.